The van der Waals surface area contributed by atoms with Crippen molar-refractivity contribution in [1.29, 1.82) is 0 Å². The van der Waals surface area contributed by atoms with Crippen molar-refractivity contribution in [1.82, 2.24) is 20.7 Å². The van der Waals surface area contributed by atoms with E-state index >= 15 is 0 Å². The molecule has 0 aliphatic carbocycles. The quantitative estimate of drug-likeness (QED) is 0.695. The summed E-state index contributed by atoms with van der Waals surface area (Å²) in [6.07, 6.45) is 2.15. The number of methoxy groups -OCH3 is 1. The van der Waals surface area contributed by atoms with Crippen LogP contribution in [0.25, 0.3) is 0 Å². The molecule has 1 aliphatic rings. The number of carbonyl (C=O) groups is 3. The summed E-state index contributed by atoms with van der Waals surface area (Å²) in [5.41, 5.74) is 0.219. The standard InChI is InChI=1S/C18H28N4O5/c1-12-9-15(21-27-12)18(25)20-14-6-4-5-13(10-16(23)22(2)11-14)17(24)19-7-8-26-3/h9,13-14H,4-8,10-11H2,1-3H3,(H,19,24)(H,20,25)/t13-,14-/m1/s1. The molecule has 2 N–H and O–H groups in total. The van der Waals surface area contributed by atoms with Crippen molar-refractivity contribution in [3.63, 3.8) is 0 Å². The number of aryl methyl sites for hydroxylation is 1. The van der Waals surface area contributed by atoms with Crippen LogP contribution in [0.15, 0.2) is 10.6 Å². The second-order valence-electron chi connectivity index (χ2n) is 6.88. The van der Waals surface area contributed by atoms with E-state index in [1.807, 2.05) is 0 Å². The number of nitrogens with one attached hydrogen (secondary N) is 2. The van der Waals surface area contributed by atoms with Gasteiger partial charge in [0.05, 0.1) is 6.61 Å². The van der Waals surface area contributed by atoms with E-state index in [0.29, 0.717) is 38.3 Å². The first-order chi connectivity index (χ1) is 12.9. The van der Waals surface area contributed by atoms with Gasteiger partial charge in [-0.1, -0.05) is 11.6 Å². The van der Waals surface area contributed by atoms with E-state index in [2.05, 4.69) is 15.8 Å². The minimum Gasteiger partial charge on any atom is -0.383 e. The van der Waals surface area contributed by atoms with E-state index in [1.54, 1.807) is 32.0 Å². The van der Waals surface area contributed by atoms with Crippen LogP contribution in [-0.2, 0) is 14.3 Å². The van der Waals surface area contributed by atoms with E-state index in [-0.39, 0.29) is 41.8 Å². The largest absolute Gasteiger partial charge is 0.383 e. The second kappa shape index (κ2) is 10.1. The van der Waals surface area contributed by atoms with Crippen LogP contribution in [0.1, 0.15) is 41.9 Å². The molecule has 0 spiro atoms. The molecule has 0 bridgehead atoms. The fourth-order valence-corrected chi connectivity index (χ4v) is 3.10. The Morgan fingerprint density at radius 1 is 1.41 bits per heavy atom. The Balaban J connectivity index is 1.96. The van der Waals surface area contributed by atoms with Gasteiger partial charge in [0.1, 0.15) is 5.76 Å². The molecule has 1 aromatic heterocycles. The topological polar surface area (TPSA) is 114 Å². The van der Waals surface area contributed by atoms with E-state index in [0.717, 1.165) is 6.42 Å². The Hall–Kier alpha value is -2.42. The normalized spacial score (nSPS) is 21.1. The van der Waals surface area contributed by atoms with Gasteiger partial charge in [-0.2, -0.15) is 0 Å². The summed E-state index contributed by atoms with van der Waals surface area (Å²) in [7, 11) is 3.26. The number of carbonyl (C=O) groups excluding carboxylic acids is 3. The molecule has 1 aromatic rings. The lowest BCUT2D eigenvalue weighted by Gasteiger charge is -2.24. The number of amides is 3. The van der Waals surface area contributed by atoms with Crippen molar-refractivity contribution in [2.24, 2.45) is 5.92 Å². The minimum absolute atomic E-state index is 0.111. The van der Waals surface area contributed by atoms with Crippen molar-refractivity contribution in [2.75, 3.05) is 33.9 Å². The molecule has 3 amide bonds. The van der Waals surface area contributed by atoms with Crippen LogP contribution < -0.4 is 10.6 Å². The van der Waals surface area contributed by atoms with Crippen LogP contribution in [0, 0.1) is 12.8 Å². The number of aromatic nitrogens is 1. The molecule has 1 aliphatic heterocycles. The van der Waals surface area contributed by atoms with Gasteiger partial charge in [0.25, 0.3) is 5.91 Å². The van der Waals surface area contributed by atoms with Crippen LogP contribution in [0.2, 0.25) is 0 Å². The molecule has 9 heteroatoms. The zero-order valence-electron chi connectivity index (χ0n) is 16.1. The summed E-state index contributed by atoms with van der Waals surface area (Å²) >= 11 is 0. The molecule has 0 saturated carbocycles. The molecule has 2 rings (SSSR count). The third-order valence-corrected chi connectivity index (χ3v) is 4.62. The lowest BCUT2D eigenvalue weighted by molar-refractivity contribution is -0.135. The number of ether oxygens (including phenoxy) is 1. The molecule has 27 heavy (non-hydrogen) atoms. The fourth-order valence-electron chi connectivity index (χ4n) is 3.10. The SMILES string of the molecule is COCCNC(=O)[C@@H]1CCC[C@@H](NC(=O)c2cc(C)on2)CN(C)C(=O)C1. The van der Waals surface area contributed by atoms with E-state index < -0.39 is 0 Å². The molecular formula is C18H28N4O5. The third kappa shape index (κ3) is 6.35. The fraction of sp³-hybridized carbons (Fsp3) is 0.667. The molecule has 0 aromatic carbocycles. The van der Waals surface area contributed by atoms with E-state index in [4.69, 9.17) is 9.26 Å². The first-order valence-corrected chi connectivity index (χ1v) is 9.15. The summed E-state index contributed by atoms with van der Waals surface area (Å²) in [6, 6.07) is 1.36. The molecule has 9 nitrogen and oxygen atoms in total. The Bertz CT molecular complexity index is 660. The summed E-state index contributed by atoms with van der Waals surface area (Å²) in [5.74, 6) is -0.380. The molecule has 1 fully saturated rings. The summed E-state index contributed by atoms with van der Waals surface area (Å²) in [6.45, 7) is 2.96. The zero-order chi connectivity index (χ0) is 19.8. The number of rotatable bonds is 6. The average molecular weight is 380 g/mol. The number of hydrogen-bond donors (Lipinski definition) is 2. The molecule has 0 radical (unpaired) electrons. The molecule has 2 heterocycles. The number of hydrogen-bond acceptors (Lipinski definition) is 6. The molecular weight excluding hydrogens is 352 g/mol. The van der Waals surface area contributed by atoms with Gasteiger partial charge in [0.15, 0.2) is 5.69 Å². The Kier molecular flexibility index (Phi) is 7.78. The van der Waals surface area contributed by atoms with Gasteiger partial charge < -0.3 is 24.8 Å². The van der Waals surface area contributed by atoms with Crippen LogP contribution in [-0.4, -0.2) is 67.7 Å². The highest BCUT2D eigenvalue weighted by atomic mass is 16.5. The van der Waals surface area contributed by atoms with Crippen molar-refractivity contribution in [2.45, 2.75) is 38.6 Å². The van der Waals surface area contributed by atoms with Gasteiger partial charge in [-0.15, -0.1) is 0 Å². The molecule has 150 valence electrons. The highest BCUT2D eigenvalue weighted by Crippen LogP contribution is 2.19. The monoisotopic (exact) mass is 380 g/mol. The van der Waals surface area contributed by atoms with Gasteiger partial charge in [-0.3, -0.25) is 14.4 Å². The van der Waals surface area contributed by atoms with Crippen molar-refractivity contribution in [3.05, 3.63) is 17.5 Å². The average Bonchev–Trinajstić information content (AvgIpc) is 3.08. The third-order valence-electron chi connectivity index (χ3n) is 4.62. The number of nitrogens with zero attached hydrogens (tertiary/aromatic N) is 2. The molecule has 1 saturated heterocycles. The zero-order valence-corrected chi connectivity index (χ0v) is 16.1. The minimum atomic E-state index is -0.371. The predicted molar refractivity (Wildman–Crippen MR) is 97.0 cm³/mol. The van der Waals surface area contributed by atoms with Gasteiger partial charge >= 0.3 is 0 Å². The summed E-state index contributed by atoms with van der Waals surface area (Å²) in [5, 5.41) is 9.43. The molecule has 2 atom stereocenters. The van der Waals surface area contributed by atoms with Crippen molar-refractivity contribution >= 4 is 17.7 Å². The highest BCUT2D eigenvalue weighted by molar-refractivity contribution is 5.92. The maximum absolute atomic E-state index is 12.5. The second-order valence-corrected chi connectivity index (χ2v) is 6.88. The van der Waals surface area contributed by atoms with Crippen molar-refractivity contribution < 1.29 is 23.6 Å². The lowest BCUT2D eigenvalue weighted by atomic mass is 9.96. The Morgan fingerprint density at radius 3 is 2.85 bits per heavy atom. The van der Waals surface area contributed by atoms with E-state index in [9.17, 15) is 14.4 Å². The maximum atomic E-state index is 12.5. The van der Waals surface area contributed by atoms with Crippen molar-refractivity contribution in [3.8, 4) is 0 Å². The Labute approximate surface area is 158 Å². The van der Waals surface area contributed by atoms with Gasteiger partial charge in [-0.05, 0) is 19.8 Å². The smallest absolute Gasteiger partial charge is 0.273 e. The van der Waals surface area contributed by atoms with Gasteiger partial charge in [0.2, 0.25) is 11.8 Å². The van der Waals surface area contributed by atoms with Crippen LogP contribution in [0.4, 0.5) is 0 Å². The summed E-state index contributed by atoms with van der Waals surface area (Å²) in [4.78, 5) is 38.6. The first kappa shape index (κ1) is 20.9. The summed E-state index contributed by atoms with van der Waals surface area (Å²) < 4.78 is 9.86. The lowest BCUT2D eigenvalue weighted by Crippen LogP contribution is -2.44. The van der Waals surface area contributed by atoms with Gasteiger partial charge in [-0.25, -0.2) is 0 Å². The predicted octanol–water partition coefficient (Wildman–Crippen LogP) is 0.493. The Morgan fingerprint density at radius 2 is 2.19 bits per heavy atom. The highest BCUT2D eigenvalue weighted by Gasteiger charge is 2.28. The molecule has 0 unspecified atom stereocenters. The van der Waals surface area contributed by atoms with E-state index in [1.165, 1.54) is 0 Å². The first-order valence-electron chi connectivity index (χ1n) is 9.15. The van der Waals surface area contributed by atoms with Gasteiger partial charge in [0, 0.05) is 51.7 Å². The van der Waals surface area contributed by atoms with Crippen LogP contribution >= 0.6 is 0 Å². The van der Waals surface area contributed by atoms with Crippen LogP contribution in [0.5, 0.6) is 0 Å². The van der Waals surface area contributed by atoms with Crippen LogP contribution in [0.3, 0.4) is 0 Å². The maximum Gasteiger partial charge on any atom is 0.273 e. The number of likely N-dealkylation sites (N-methyl/N-ethyl adjacent to an activating group) is 1.